The monoisotopic (exact) mass is 289 g/mol. The van der Waals surface area contributed by atoms with Crippen molar-refractivity contribution < 1.29 is 8.42 Å². The van der Waals surface area contributed by atoms with Crippen LogP contribution in [0.2, 0.25) is 0 Å². The molecule has 20 heavy (non-hydrogen) atoms. The fraction of sp³-hybridized carbons (Fsp3) is 0.125. The van der Waals surface area contributed by atoms with E-state index in [1.165, 1.54) is 10.4 Å². The summed E-state index contributed by atoms with van der Waals surface area (Å²) in [4.78, 5) is 0.224. The fourth-order valence-corrected chi connectivity index (χ4v) is 3.35. The smallest absolute Gasteiger partial charge is 0.207 e. The predicted molar refractivity (Wildman–Crippen MR) is 85.8 cm³/mol. The van der Waals surface area contributed by atoms with Crippen LogP contribution in [-0.4, -0.2) is 25.8 Å². The lowest BCUT2D eigenvalue weighted by Gasteiger charge is -2.20. The summed E-state index contributed by atoms with van der Waals surface area (Å²) < 4.78 is 26.6. The van der Waals surface area contributed by atoms with Crippen LogP contribution in [0.3, 0.4) is 0 Å². The first-order chi connectivity index (χ1) is 9.51. The molecule has 0 aliphatic carbocycles. The lowest BCUT2D eigenvalue weighted by atomic mass is 10.1. The van der Waals surface area contributed by atoms with Crippen molar-refractivity contribution in [2.75, 3.05) is 13.1 Å². The van der Waals surface area contributed by atoms with Crippen LogP contribution in [0, 0.1) is 0 Å². The molecule has 1 aromatic carbocycles. The molecule has 3 nitrogen and oxygen atoms in total. The van der Waals surface area contributed by atoms with Crippen molar-refractivity contribution in [2.45, 2.75) is 4.90 Å². The van der Waals surface area contributed by atoms with E-state index >= 15 is 0 Å². The number of hydrogen-bond donors (Lipinski definition) is 0. The minimum Gasteiger partial charge on any atom is -0.207 e. The quantitative estimate of drug-likeness (QED) is 0.688. The van der Waals surface area contributed by atoms with E-state index in [9.17, 15) is 8.42 Å². The zero-order valence-corrected chi connectivity index (χ0v) is 12.3. The third-order valence-corrected chi connectivity index (χ3v) is 4.68. The van der Waals surface area contributed by atoms with Gasteiger partial charge in [0.05, 0.1) is 4.90 Å². The Labute approximate surface area is 121 Å². The number of nitrogens with zero attached hydrogens (tertiary/aromatic N) is 1. The molecule has 4 heteroatoms. The average molecular weight is 289 g/mol. The Morgan fingerprint density at radius 3 is 2.05 bits per heavy atom. The van der Waals surface area contributed by atoms with E-state index in [1.807, 2.05) is 0 Å². The van der Waals surface area contributed by atoms with Gasteiger partial charge in [-0.2, -0.15) is 4.31 Å². The van der Waals surface area contributed by atoms with E-state index in [1.54, 1.807) is 36.4 Å². The second kappa shape index (κ2) is 7.03. The van der Waals surface area contributed by atoms with Gasteiger partial charge < -0.3 is 0 Å². The largest absolute Gasteiger partial charge is 0.244 e. The van der Waals surface area contributed by atoms with Crippen molar-refractivity contribution >= 4 is 22.2 Å². The van der Waals surface area contributed by atoms with E-state index < -0.39 is 10.0 Å². The molecule has 0 saturated heterocycles. The molecule has 0 N–H and O–H groups in total. The van der Waals surface area contributed by atoms with Crippen molar-refractivity contribution in [3.05, 3.63) is 67.8 Å². The lowest BCUT2D eigenvalue weighted by molar-refractivity contribution is 0.474. The van der Waals surface area contributed by atoms with E-state index in [-0.39, 0.29) is 18.0 Å². The maximum Gasteiger partial charge on any atom is 0.244 e. The van der Waals surface area contributed by atoms with Crippen LogP contribution in [0.1, 0.15) is 11.1 Å². The van der Waals surface area contributed by atoms with Crippen molar-refractivity contribution in [1.82, 2.24) is 4.31 Å². The van der Waals surface area contributed by atoms with Crippen molar-refractivity contribution in [3.8, 4) is 0 Å². The minimum atomic E-state index is -3.61. The Hall–Kier alpha value is -1.91. The molecule has 0 amide bonds. The van der Waals surface area contributed by atoms with Crippen LogP contribution in [0.15, 0.2) is 61.6 Å². The molecule has 0 bridgehead atoms. The normalized spacial score (nSPS) is 11.1. The fourth-order valence-electron chi connectivity index (χ4n) is 1.79. The summed E-state index contributed by atoms with van der Waals surface area (Å²) >= 11 is 0. The molecule has 1 rings (SSSR count). The SMILES string of the molecule is C=CCN(CC=C)S(=O)(=O)c1ccc(C=C)cc1C=C. The summed E-state index contributed by atoms with van der Waals surface area (Å²) in [5.41, 5.74) is 1.40. The molecule has 0 aliphatic rings. The van der Waals surface area contributed by atoms with Crippen molar-refractivity contribution in [1.29, 1.82) is 0 Å². The Morgan fingerprint density at radius 2 is 1.60 bits per heavy atom. The first kappa shape index (κ1) is 16.1. The van der Waals surface area contributed by atoms with Gasteiger partial charge in [0, 0.05) is 13.1 Å². The summed E-state index contributed by atoms with van der Waals surface area (Å²) in [6.07, 6.45) is 6.29. The van der Waals surface area contributed by atoms with Crippen molar-refractivity contribution in [2.24, 2.45) is 0 Å². The van der Waals surface area contributed by atoms with E-state index in [0.29, 0.717) is 5.56 Å². The van der Waals surface area contributed by atoms with Gasteiger partial charge in [-0.15, -0.1) is 13.2 Å². The Bertz CT molecular complexity index is 620. The zero-order valence-electron chi connectivity index (χ0n) is 11.5. The molecule has 0 spiro atoms. The summed E-state index contributed by atoms with van der Waals surface area (Å²) in [7, 11) is -3.61. The summed E-state index contributed by atoms with van der Waals surface area (Å²) in [6, 6.07) is 5.03. The molecule has 106 valence electrons. The molecule has 0 fully saturated rings. The van der Waals surface area contributed by atoms with Crippen LogP contribution in [-0.2, 0) is 10.0 Å². The van der Waals surface area contributed by atoms with Crippen molar-refractivity contribution in [3.63, 3.8) is 0 Å². The molecular weight excluding hydrogens is 270 g/mol. The van der Waals surface area contributed by atoms with Crippen LogP contribution in [0.5, 0.6) is 0 Å². The average Bonchev–Trinajstić information content (AvgIpc) is 2.46. The molecule has 0 aliphatic heterocycles. The lowest BCUT2D eigenvalue weighted by Crippen LogP contribution is -2.31. The van der Waals surface area contributed by atoms with Crippen LogP contribution in [0.4, 0.5) is 0 Å². The second-order valence-corrected chi connectivity index (χ2v) is 6.01. The Balaban J connectivity index is 3.39. The molecule has 0 aromatic heterocycles. The summed E-state index contributed by atoms with van der Waals surface area (Å²) in [5, 5.41) is 0. The van der Waals surface area contributed by atoms with Gasteiger partial charge in [0.15, 0.2) is 0 Å². The van der Waals surface area contributed by atoms with Gasteiger partial charge in [0.2, 0.25) is 10.0 Å². The van der Waals surface area contributed by atoms with E-state index in [4.69, 9.17) is 0 Å². The molecule has 0 saturated carbocycles. The Kier molecular flexibility index (Phi) is 5.67. The molecule has 0 unspecified atom stereocenters. The van der Waals surface area contributed by atoms with Gasteiger partial charge >= 0.3 is 0 Å². The highest BCUT2D eigenvalue weighted by atomic mass is 32.2. The highest BCUT2D eigenvalue weighted by Gasteiger charge is 2.24. The maximum absolute atomic E-state index is 12.6. The van der Waals surface area contributed by atoms with Crippen LogP contribution < -0.4 is 0 Å². The van der Waals surface area contributed by atoms with Crippen LogP contribution in [0.25, 0.3) is 12.2 Å². The molecule has 1 aromatic rings. The van der Waals surface area contributed by atoms with Gasteiger partial charge in [-0.25, -0.2) is 8.42 Å². The van der Waals surface area contributed by atoms with Gasteiger partial charge in [-0.05, 0) is 23.3 Å². The number of rotatable bonds is 8. The van der Waals surface area contributed by atoms with Gasteiger partial charge in [0.1, 0.15) is 0 Å². The third kappa shape index (κ3) is 3.35. The first-order valence-electron chi connectivity index (χ1n) is 6.12. The van der Waals surface area contributed by atoms with Gasteiger partial charge in [-0.1, -0.05) is 43.5 Å². The van der Waals surface area contributed by atoms with Gasteiger partial charge in [-0.3, -0.25) is 0 Å². The van der Waals surface area contributed by atoms with Crippen LogP contribution >= 0.6 is 0 Å². The second-order valence-electron chi connectivity index (χ2n) is 4.10. The van der Waals surface area contributed by atoms with Gasteiger partial charge in [0.25, 0.3) is 0 Å². The summed E-state index contributed by atoms with van der Waals surface area (Å²) in [6.45, 7) is 15.0. The highest BCUT2D eigenvalue weighted by molar-refractivity contribution is 7.89. The van der Waals surface area contributed by atoms with E-state index in [0.717, 1.165) is 5.56 Å². The number of sulfonamides is 1. The predicted octanol–water partition coefficient (Wildman–Crippen LogP) is 3.34. The minimum absolute atomic E-state index is 0.224. The Morgan fingerprint density at radius 1 is 1.00 bits per heavy atom. The zero-order chi connectivity index (χ0) is 15.2. The molecular formula is C16H19NO2S. The summed E-state index contributed by atoms with van der Waals surface area (Å²) in [5.74, 6) is 0. The molecule has 0 radical (unpaired) electrons. The molecule has 0 atom stereocenters. The topological polar surface area (TPSA) is 37.4 Å². The maximum atomic E-state index is 12.6. The number of hydrogen-bond acceptors (Lipinski definition) is 2. The number of benzene rings is 1. The third-order valence-electron chi connectivity index (χ3n) is 2.77. The standard InChI is InChI=1S/C16H19NO2S/c1-5-11-17(12-6-2)20(18,19)16-10-9-14(7-3)13-15(16)8-4/h5-10,13H,1-4,11-12H2. The van der Waals surface area contributed by atoms with E-state index in [2.05, 4.69) is 26.3 Å². The molecule has 0 heterocycles. The highest BCUT2D eigenvalue weighted by Crippen LogP contribution is 2.23. The first-order valence-corrected chi connectivity index (χ1v) is 7.56.